The number of hydrogen-bond donors (Lipinski definition) is 1. The van der Waals surface area contributed by atoms with Crippen LogP contribution in [0.15, 0.2) is 0 Å². The summed E-state index contributed by atoms with van der Waals surface area (Å²) >= 11 is 0. The molecule has 0 spiro atoms. The van der Waals surface area contributed by atoms with Crippen molar-refractivity contribution >= 4 is 5.91 Å². The largest absolute Gasteiger partial charge is 0.341 e. The molecule has 0 radical (unpaired) electrons. The minimum absolute atomic E-state index is 0.101. The van der Waals surface area contributed by atoms with Crippen LogP contribution in [0, 0.1) is 23.2 Å². The Bertz CT molecular complexity index is 317. The van der Waals surface area contributed by atoms with Crippen LogP contribution in [0.5, 0.6) is 0 Å². The molecule has 20 heavy (non-hydrogen) atoms. The maximum absolute atomic E-state index is 12.3. The van der Waals surface area contributed by atoms with Crippen molar-refractivity contribution in [3.05, 3.63) is 0 Å². The predicted octanol–water partition coefficient (Wildman–Crippen LogP) is 3.15. The number of rotatable bonds is 4. The normalized spacial score (nSPS) is 24.6. The average molecular weight is 282 g/mol. The first-order chi connectivity index (χ1) is 9.10. The van der Waals surface area contributed by atoms with E-state index in [1.54, 1.807) is 0 Å². The Labute approximate surface area is 125 Å². The number of piperidine rings is 1. The molecule has 2 atom stereocenters. The highest BCUT2D eigenvalue weighted by molar-refractivity contribution is 5.78. The van der Waals surface area contributed by atoms with Gasteiger partial charge in [0.05, 0.1) is 0 Å². The molecule has 0 saturated carbocycles. The molecule has 0 aliphatic carbocycles. The molecule has 0 aromatic carbocycles. The summed E-state index contributed by atoms with van der Waals surface area (Å²) < 4.78 is 0. The fraction of sp³-hybridized carbons (Fsp3) is 0.941. The molecule has 1 amide bonds. The number of carbonyl (C=O) groups is 1. The second-order valence-electron chi connectivity index (χ2n) is 8.28. The molecule has 0 bridgehead atoms. The third kappa shape index (κ3) is 5.43. The number of nitrogens with one attached hydrogen (secondary N) is 1. The van der Waals surface area contributed by atoms with Crippen molar-refractivity contribution in [1.82, 2.24) is 10.2 Å². The predicted molar refractivity (Wildman–Crippen MR) is 85.6 cm³/mol. The highest BCUT2D eigenvalue weighted by Gasteiger charge is 2.32. The summed E-state index contributed by atoms with van der Waals surface area (Å²) in [5.41, 5.74) is 0.289. The third-order valence-electron chi connectivity index (χ3n) is 4.15. The topological polar surface area (TPSA) is 32.3 Å². The molecule has 1 heterocycles. The van der Waals surface area contributed by atoms with Gasteiger partial charge in [0.1, 0.15) is 0 Å². The van der Waals surface area contributed by atoms with E-state index in [9.17, 15) is 4.79 Å². The lowest BCUT2D eigenvalue weighted by atomic mass is 9.84. The van der Waals surface area contributed by atoms with E-state index in [4.69, 9.17) is 0 Å². The van der Waals surface area contributed by atoms with E-state index >= 15 is 0 Å². The van der Waals surface area contributed by atoms with Gasteiger partial charge >= 0.3 is 0 Å². The molecule has 1 saturated heterocycles. The number of nitrogens with zero attached hydrogens (tertiary/aromatic N) is 1. The summed E-state index contributed by atoms with van der Waals surface area (Å²) in [6, 6.07) is 0.443. The molecule has 1 rings (SSSR count). The van der Waals surface area contributed by atoms with Gasteiger partial charge in [0.25, 0.3) is 0 Å². The molecule has 1 aliphatic rings. The Morgan fingerprint density at radius 3 is 2.25 bits per heavy atom. The zero-order valence-electron chi connectivity index (χ0n) is 14.5. The smallest absolute Gasteiger partial charge is 0.225 e. The van der Waals surface area contributed by atoms with Gasteiger partial charge in [-0.1, -0.05) is 48.5 Å². The van der Waals surface area contributed by atoms with Crippen molar-refractivity contribution in [3.63, 3.8) is 0 Å². The fourth-order valence-corrected chi connectivity index (χ4v) is 2.76. The van der Waals surface area contributed by atoms with Crippen molar-refractivity contribution in [2.75, 3.05) is 19.6 Å². The Balaban J connectivity index is 2.68. The minimum Gasteiger partial charge on any atom is -0.341 e. The lowest BCUT2D eigenvalue weighted by Gasteiger charge is -2.41. The van der Waals surface area contributed by atoms with E-state index in [2.05, 4.69) is 44.8 Å². The number of likely N-dealkylation sites (tertiary alicyclic amines) is 1. The van der Waals surface area contributed by atoms with Gasteiger partial charge in [0.15, 0.2) is 0 Å². The van der Waals surface area contributed by atoms with Crippen LogP contribution in [0.2, 0.25) is 0 Å². The third-order valence-corrected chi connectivity index (χ3v) is 4.15. The van der Waals surface area contributed by atoms with Crippen LogP contribution in [-0.2, 0) is 4.79 Å². The second kappa shape index (κ2) is 6.93. The van der Waals surface area contributed by atoms with E-state index in [1.807, 2.05) is 13.8 Å². The molecule has 2 unspecified atom stereocenters. The zero-order valence-corrected chi connectivity index (χ0v) is 14.5. The molecule has 118 valence electrons. The summed E-state index contributed by atoms with van der Waals surface area (Å²) in [6.07, 6.45) is 1.19. The van der Waals surface area contributed by atoms with Gasteiger partial charge in [0.2, 0.25) is 5.91 Å². The molecule has 0 aromatic rings. The minimum atomic E-state index is 0.101. The summed E-state index contributed by atoms with van der Waals surface area (Å²) in [6.45, 7) is 18.1. The monoisotopic (exact) mass is 282 g/mol. The second-order valence-corrected chi connectivity index (χ2v) is 8.28. The molecule has 0 aromatic heterocycles. The lowest BCUT2D eigenvalue weighted by molar-refractivity contribution is -0.137. The van der Waals surface area contributed by atoms with E-state index in [0.717, 1.165) is 19.6 Å². The summed E-state index contributed by atoms with van der Waals surface area (Å²) in [5, 5.41) is 3.68. The van der Waals surface area contributed by atoms with Crippen LogP contribution in [0.25, 0.3) is 0 Å². The highest BCUT2D eigenvalue weighted by atomic mass is 16.2. The van der Waals surface area contributed by atoms with Crippen LogP contribution in [0.1, 0.15) is 54.9 Å². The van der Waals surface area contributed by atoms with Crippen molar-refractivity contribution < 1.29 is 4.79 Å². The van der Waals surface area contributed by atoms with Crippen LogP contribution in [0.3, 0.4) is 0 Å². The van der Waals surface area contributed by atoms with Crippen molar-refractivity contribution in [1.29, 1.82) is 0 Å². The standard InChI is InChI=1S/C17H34N2O/c1-12(2)14-8-15(18-11-17(5,6)7)10-19(9-14)16(20)13(3)4/h12-15,18H,8-11H2,1-7H3. The fourth-order valence-electron chi connectivity index (χ4n) is 2.76. The Morgan fingerprint density at radius 1 is 1.20 bits per heavy atom. The molecular formula is C17H34N2O. The molecule has 1 fully saturated rings. The quantitative estimate of drug-likeness (QED) is 0.859. The van der Waals surface area contributed by atoms with Gasteiger partial charge in [-0.2, -0.15) is 0 Å². The van der Waals surface area contributed by atoms with E-state index in [1.165, 1.54) is 6.42 Å². The van der Waals surface area contributed by atoms with Gasteiger partial charge in [-0.3, -0.25) is 4.79 Å². The Hall–Kier alpha value is -0.570. The van der Waals surface area contributed by atoms with Crippen LogP contribution in [0.4, 0.5) is 0 Å². The summed E-state index contributed by atoms with van der Waals surface area (Å²) in [4.78, 5) is 14.4. The highest BCUT2D eigenvalue weighted by Crippen LogP contribution is 2.25. The van der Waals surface area contributed by atoms with Crippen LogP contribution >= 0.6 is 0 Å². The van der Waals surface area contributed by atoms with Gasteiger partial charge in [-0.15, -0.1) is 0 Å². The van der Waals surface area contributed by atoms with E-state index in [0.29, 0.717) is 23.8 Å². The van der Waals surface area contributed by atoms with Gasteiger partial charge in [0, 0.05) is 31.6 Å². The summed E-state index contributed by atoms with van der Waals surface area (Å²) in [7, 11) is 0. The zero-order chi connectivity index (χ0) is 15.5. The van der Waals surface area contributed by atoms with Crippen molar-refractivity contribution in [2.45, 2.75) is 60.9 Å². The molecule has 3 heteroatoms. The van der Waals surface area contributed by atoms with Crippen molar-refractivity contribution in [3.8, 4) is 0 Å². The van der Waals surface area contributed by atoms with Crippen LogP contribution < -0.4 is 5.32 Å². The van der Waals surface area contributed by atoms with E-state index < -0.39 is 0 Å². The maximum Gasteiger partial charge on any atom is 0.225 e. The average Bonchev–Trinajstić information content (AvgIpc) is 2.34. The molecule has 1 aliphatic heterocycles. The van der Waals surface area contributed by atoms with E-state index in [-0.39, 0.29) is 11.3 Å². The SMILES string of the molecule is CC(C)C(=O)N1CC(NCC(C)(C)C)CC(C(C)C)C1. The Kier molecular flexibility index (Phi) is 6.06. The number of amides is 1. The van der Waals surface area contributed by atoms with Gasteiger partial charge in [-0.05, 0) is 23.7 Å². The van der Waals surface area contributed by atoms with Crippen LogP contribution in [-0.4, -0.2) is 36.5 Å². The van der Waals surface area contributed by atoms with Crippen molar-refractivity contribution in [2.24, 2.45) is 23.2 Å². The van der Waals surface area contributed by atoms with Gasteiger partial charge < -0.3 is 10.2 Å². The number of carbonyl (C=O) groups excluding carboxylic acids is 1. The lowest BCUT2D eigenvalue weighted by Crippen LogP contribution is -2.54. The van der Waals surface area contributed by atoms with Gasteiger partial charge in [-0.25, -0.2) is 0 Å². The maximum atomic E-state index is 12.3. The first-order valence-electron chi connectivity index (χ1n) is 8.12. The molecular weight excluding hydrogens is 248 g/mol. The Morgan fingerprint density at radius 2 is 1.80 bits per heavy atom. The molecule has 3 nitrogen and oxygen atoms in total. The molecule has 1 N–H and O–H groups in total. The summed E-state index contributed by atoms with van der Waals surface area (Å²) in [5.74, 6) is 1.66. The first kappa shape index (κ1) is 17.5. The first-order valence-corrected chi connectivity index (χ1v) is 8.12. The number of hydrogen-bond acceptors (Lipinski definition) is 2.